The molecule has 0 bridgehead atoms. The summed E-state index contributed by atoms with van der Waals surface area (Å²) in [6, 6.07) is 18.1. The molecule has 5 aromatic rings. The molecule has 2 aliphatic rings. The first kappa shape index (κ1) is 33.6. The lowest BCUT2D eigenvalue weighted by atomic mass is 9.99. The number of ether oxygens (including phenoxy) is 4. The van der Waals surface area contributed by atoms with E-state index in [2.05, 4.69) is 63.5 Å². The summed E-state index contributed by atoms with van der Waals surface area (Å²) in [5.41, 5.74) is 4.48. The number of amides is 2. The number of carbonyl (C=O) groups is 2. The predicted molar refractivity (Wildman–Crippen MR) is 190 cm³/mol. The zero-order valence-corrected chi connectivity index (χ0v) is 29.4. The van der Waals surface area contributed by atoms with Crippen molar-refractivity contribution in [1.82, 2.24) is 29.7 Å². The summed E-state index contributed by atoms with van der Waals surface area (Å²) in [4.78, 5) is 45.6. The second-order valence-corrected chi connectivity index (χ2v) is 14.8. The van der Waals surface area contributed by atoms with Gasteiger partial charge in [-0.2, -0.15) is 0 Å². The van der Waals surface area contributed by atoms with Gasteiger partial charge in [0.2, 0.25) is 0 Å². The molecule has 4 heterocycles. The Balaban J connectivity index is 1.10. The minimum atomic E-state index is -0.593. The molecule has 2 unspecified atom stereocenters. The van der Waals surface area contributed by atoms with Gasteiger partial charge in [-0.05, 0) is 87.7 Å². The van der Waals surface area contributed by atoms with Crippen molar-refractivity contribution >= 4 is 34.0 Å². The molecule has 0 saturated carbocycles. The summed E-state index contributed by atoms with van der Waals surface area (Å²) in [5, 5.41) is 2.18. The van der Waals surface area contributed by atoms with Crippen molar-refractivity contribution in [3.8, 4) is 22.4 Å². The van der Waals surface area contributed by atoms with Crippen LogP contribution in [0.2, 0.25) is 0 Å². The van der Waals surface area contributed by atoms with E-state index in [1.165, 1.54) is 0 Å². The number of aromatic nitrogens is 4. The fourth-order valence-corrected chi connectivity index (χ4v) is 6.35. The topological polar surface area (TPSA) is 135 Å². The number of nitrogens with one attached hydrogen (secondary N) is 2. The predicted octanol–water partition coefficient (Wildman–Crippen LogP) is 7.39. The summed E-state index contributed by atoms with van der Waals surface area (Å²) < 4.78 is 22.7. The average Bonchev–Trinajstić information content (AvgIpc) is 3.74. The largest absolute Gasteiger partial charge is 0.444 e. The van der Waals surface area contributed by atoms with Crippen LogP contribution in [0.4, 0.5) is 9.59 Å². The van der Waals surface area contributed by atoms with E-state index < -0.39 is 11.2 Å². The second-order valence-electron chi connectivity index (χ2n) is 14.8. The van der Waals surface area contributed by atoms with Crippen LogP contribution in [0, 0.1) is 0 Å². The van der Waals surface area contributed by atoms with E-state index in [4.69, 9.17) is 23.9 Å². The smallest absolute Gasteiger partial charge is 0.411 e. The number of H-pyrrole nitrogens is 2. The fourth-order valence-electron chi connectivity index (χ4n) is 6.35. The van der Waals surface area contributed by atoms with Crippen LogP contribution in [-0.4, -0.2) is 92.6 Å². The maximum absolute atomic E-state index is 13.0. The molecular formula is C38H44N6O6. The molecule has 2 aliphatic heterocycles. The molecule has 12 nitrogen and oxygen atoms in total. The maximum atomic E-state index is 13.0. The normalized spacial score (nSPS) is 18.8. The van der Waals surface area contributed by atoms with E-state index in [0.29, 0.717) is 51.2 Å². The third-order valence-electron chi connectivity index (χ3n) is 8.72. The number of carbonyl (C=O) groups excluding carboxylic acids is 2. The van der Waals surface area contributed by atoms with Gasteiger partial charge in [0.15, 0.2) is 0 Å². The summed E-state index contributed by atoms with van der Waals surface area (Å²) in [6.07, 6.45) is 1.05. The highest BCUT2D eigenvalue weighted by molar-refractivity contribution is 5.92. The van der Waals surface area contributed by atoms with Crippen LogP contribution < -0.4 is 0 Å². The van der Waals surface area contributed by atoms with Crippen LogP contribution in [0.15, 0.2) is 60.8 Å². The Hall–Kier alpha value is -4.94. The van der Waals surface area contributed by atoms with Crippen LogP contribution >= 0.6 is 0 Å². The fraction of sp³-hybridized carbons (Fsp3) is 0.421. The molecule has 0 spiro atoms. The molecule has 2 atom stereocenters. The van der Waals surface area contributed by atoms with Gasteiger partial charge in [0, 0.05) is 18.7 Å². The molecule has 0 aliphatic carbocycles. The quantitative estimate of drug-likeness (QED) is 0.201. The Morgan fingerprint density at radius 2 is 1.26 bits per heavy atom. The van der Waals surface area contributed by atoms with Gasteiger partial charge in [0.25, 0.3) is 0 Å². The van der Waals surface area contributed by atoms with E-state index in [-0.39, 0.29) is 24.3 Å². The standard InChI is InChI=1S/C38H44N6O6/c1-37(2,3)49-35(45)43-13-15-47-21-31(43)33-39-20-30(42-33)27-10-9-23-17-24(7-8-25(23)18-27)26-11-12-28-29(19-26)41-34(40-28)32-22-48-16-14-44(32)36(46)50-38(4,5)6/h7-12,17-20,31-32H,13-16,21-22H2,1-6H3,(H,39,42)(H,40,41). The van der Waals surface area contributed by atoms with Crippen molar-refractivity contribution in [3.05, 3.63) is 72.4 Å². The number of hydrogen-bond donors (Lipinski definition) is 2. The van der Waals surface area contributed by atoms with Gasteiger partial charge < -0.3 is 28.9 Å². The average molecular weight is 681 g/mol. The van der Waals surface area contributed by atoms with Crippen LogP contribution in [0.3, 0.4) is 0 Å². The molecule has 2 N–H and O–H groups in total. The van der Waals surface area contributed by atoms with Crippen LogP contribution in [-0.2, 0) is 18.9 Å². The van der Waals surface area contributed by atoms with Gasteiger partial charge >= 0.3 is 12.2 Å². The first-order valence-corrected chi connectivity index (χ1v) is 17.1. The highest BCUT2D eigenvalue weighted by atomic mass is 16.6. The van der Waals surface area contributed by atoms with Gasteiger partial charge in [-0.25, -0.2) is 19.6 Å². The van der Waals surface area contributed by atoms with E-state index in [1.54, 1.807) is 16.0 Å². The molecular weight excluding hydrogens is 636 g/mol. The van der Waals surface area contributed by atoms with Crippen LogP contribution in [0.5, 0.6) is 0 Å². The first-order valence-electron chi connectivity index (χ1n) is 17.1. The van der Waals surface area contributed by atoms with Crippen molar-refractivity contribution in [1.29, 1.82) is 0 Å². The Morgan fingerprint density at radius 3 is 1.88 bits per heavy atom. The summed E-state index contributed by atoms with van der Waals surface area (Å²) in [7, 11) is 0. The molecule has 12 heteroatoms. The lowest BCUT2D eigenvalue weighted by Crippen LogP contribution is -2.46. The van der Waals surface area contributed by atoms with Crippen LogP contribution in [0.1, 0.15) is 65.3 Å². The Kier molecular flexibility index (Phi) is 8.77. The summed E-state index contributed by atoms with van der Waals surface area (Å²) in [5.74, 6) is 1.33. The summed E-state index contributed by atoms with van der Waals surface area (Å²) >= 11 is 0. The first-order chi connectivity index (χ1) is 23.8. The molecule has 2 amide bonds. The van der Waals surface area contributed by atoms with Crippen molar-refractivity contribution in [2.75, 3.05) is 39.5 Å². The van der Waals surface area contributed by atoms with Gasteiger partial charge in [-0.15, -0.1) is 0 Å². The van der Waals surface area contributed by atoms with E-state index in [9.17, 15) is 9.59 Å². The monoisotopic (exact) mass is 680 g/mol. The molecule has 0 radical (unpaired) electrons. The lowest BCUT2D eigenvalue weighted by Gasteiger charge is -2.35. The maximum Gasteiger partial charge on any atom is 0.411 e. The molecule has 3 aromatic carbocycles. The van der Waals surface area contributed by atoms with E-state index in [1.807, 2.05) is 47.6 Å². The molecule has 7 rings (SSSR count). The zero-order valence-electron chi connectivity index (χ0n) is 29.4. The second kappa shape index (κ2) is 13.1. The van der Waals surface area contributed by atoms with E-state index >= 15 is 0 Å². The van der Waals surface area contributed by atoms with Crippen molar-refractivity contribution in [2.24, 2.45) is 0 Å². The number of morpholine rings is 2. The Morgan fingerprint density at radius 1 is 0.720 bits per heavy atom. The third-order valence-corrected chi connectivity index (χ3v) is 8.72. The van der Waals surface area contributed by atoms with Crippen molar-refractivity contribution in [3.63, 3.8) is 0 Å². The highest BCUT2D eigenvalue weighted by Gasteiger charge is 2.35. The van der Waals surface area contributed by atoms with E-state index in [0.717, 1.165) is 44.2 Å². The van der Waals surface area contributed by atoms with Gasteiger partial charge in [-0.3, -0.25) is 9.80 Å². The molecule has 262 valence electrons. The number of aromatic amines is 2. The van der Waals surface area contributed by atoms with Crippen molar-refractivity contribution in [2.45, 2.75) is 64.8 Å². The molecule has 2 fully saturated rings. The van der Waals surface area contributed by atoms with Gasteiger partial charge in [0.05, 0.1) is 49.4 Å². The molecule has 2 aromatic heterocycles. The number of hydrogen-bond acceptors (Lipinski definition) is 8. The van der Waals surface area contributed by atoms with Crippen molar-refractivity contribution < 1.29 is 28.5 Å². The minimum absolute atomic E-state index is 0.345. The summed E-state index contributed by atoms with van der Waals surface area (Å²) in [6.45, 7) is 13.6. The highest BCUT2D eigenvalue weighted by Crippen LogP contribution is 2.32. The Bertz CT molecular complexity index is 2040. The number of nitrogens with zero attached hydrogens (tertiary/aromatic N) is 4. The molecule has 2 saturated heterocycles. The Labute approximate surface area is 291 Å². The zero-order chi connectivity index (χ0) is 35.2. The van der Waals surface area contributed by atoms with Crippen LogP contribution in [0.25, 0.3) is 44.2 Å². The lowest BCUT2D eigenvalue weighted by molar-refractivity contribution is -0.0352. The number of imidazole rings is 2. The van der Waals surface area contributed by atoms with Gasteiger partial charge in [-0.1, -0.05) is 30.3 Å². The SMILES string of the molecule is CC(C)(C)OC(=O)N1CCOCC1c1ncc(-c2ccc3cc(-c4ccc5nc(C6COCCN6C(=O)OC(C)(C)C)[nH]c5c4)ccc3c2)[nH]1. The number of fused-ring (bicyclic) bond motifs is 2. The van der Waals surface area contributed by atoms with Gasteiger partial charge in [0.1, 0.15) is 34.9 Å². The minimum Gasteiger partial charge on any atom is -0.444 e. The molecule has 50 heavy (non-hydrogen) atoms. The number of benzene rings is 3. The number of rotatable bonds is 4. The third kappa shape index (κ3) is 7.17.